The number of nitrogens with zero attached hydrogens (tertiary/aromatic N) is 1. The quantitative estimate of drug-likeness (QED) is 0.627. The first kappa shape index (κ1) is 15.4. The van der Waals surface area contributed by atoms with Crippen molar-refractivity contribution in [3.8, 4) is 0 Å². The van der Waals surface area contributed by atoms with Crippen LogP contribution in [0.4, 0.5) is 5.69 Å². The van der Waals surface area contributed by atoms with Crippen LogP contribution in [0.5, 0.6) is 0 Å². The number of nitrogens with one attached hydrogen (secondary N) is 1. The first-order valence-corrected chi connectivity index (χ1v) is 6.65. The molecule has 104 valence electrons. The summed E-state index contributed by atoms with van der Waals surface area (Å²) in [5.74, 6) is 0.152. The molecule has 1 aromatic rings. The van der Waals surface area contributed by atoms with Crippen LogP contribution in [0.15, 0.2) is 24.3 Å². The minimum absolute atomic E-state index is 0.152. The van der Waals surface area contributed by atoms with Crippen LogP contribution in [0.3, 0.4) is 0 Å². The van der Waals surface area contributed by atoms with Crippen molar-refractivity contribution in [3.05, 3.63) is 45.5 Å². The van der Waals surface area contributed by atoms with Crippen molar-refractivity contribution in [1.82, 2.24) is 5.32 Å². The predicted molar refractivity (Wildman–Crippen MR) is 79.4 cm³/mol. The molecule has 19 heavy (non-hydrogen) atoms. The molecular weight excluding hydrogens is 240 g/mol. The zero-order chi connectivity index (χ0) is 14.4. The molecule has 0 heterocycles. The van der Waals surface area contributed by atoms with Gasteiger partial charge in [-0.3, -0.25) is 10.1 Å². The summed E-state index contributed by atoms with van der Waals surface area (Å²) in [4.78, 5) is 10.8. The van der Waals surface area contributed by atoms with Crippen LogP contribution in [0.2, 0.25) is 0 Å². The van der Waals surface area contributed by atoms with Crippen molar-refractivity contribution < 1.29 is 4.92 Å². The number of rotatable bonds is 6. The average Bonchev–Trinajstić information content (AvgIpc) is 2.36. The van der Waals surface area contributed by atoms with Gasteiger partial charge in [0.1, 0.15) is 0 Å². The molecule has 4 nitrogen and oxygen atoms in total. The normalized spacial score (nSPS) is 13.1. The third-order valence-corrected chi connectivity index (χ3v) is 2.98. The van der Waals surface area contributed by atoms with E-state index in [0.717, 1.165) is 17.7 Å². The van der Waals surface area contributed by atoms with E-state index in [1.54, 1.807) is 6.07 Å². The summed E-state index contributed by atoms with van der Waals surface area (Å²) in [7, 11) is 0. The number of benzene rings is 1. The van der Waals surface area contributed by atoms with Crippen molar-refractivity contribution in [2.75, 3.05) is 6.54 Å². The van der Waals surface area contributed by atoms with Crippen molar-refractivity contribution in [2.45, 2.75) is 39.7 Å². The molecule has 0 saturated carbocycles. The van der Waals surface area contributed by atoms with Crippen LogP contribution in [-0.4, -0.2) is 17.5 Å². The molecule has 1 atom stereocenters. The SMILES string of the molecule is CCNC(C)/C=C/c1ccc(C(C)C)c([N+](=O)[O-])c1. The summed E-state index contributed by atoms with van der Waals surface area (Å²) < 4.78 is 0. The van der Waals surface area contributed by atoms with E-state index in [1.807, 2.05) is 45.1 Å². The van der Waals surface area contributed by atoms with Gasteiger partial charge < -0.3 is 5.32 Å². The van der Waals surface area contributed by atoms with Gasteiger partial charge in [-0.2, -0.15) is 0 Å². The smallest absolute Gasteiger partial charge is 0.273 e. The van der Waals surface area contributed by atoms with E-state index < -0.39 is 0 Å². The lowest BCUT2D eigenvalue weighted by Gasteiger charge is -2.08. The van der Waals surface area contributed by atoms with Crippen LogP contribution in [0.25, 0.3) is 6.08 Å². The molecule has 1 N–H and O–H groups in total. The molecule has 0 aliphatic heterocycles. The van der Waals surface area contributed by atoms with Gasteiger partial charge in [-0.05, 0) is 24.9 Å². The number of hydrogen-bond donors (Lipinski definition) is 1. The van der Waals surface area contributed by atoms with Crippen LogP contribution in [0, 0.1) is 10.1 Å². The summed E-state index contributed by atoms with van der Waals surface area (Å²) in [5, 5.41) is 14.4. The molecule has 1 unspecified atom stereocenters. The van der Waals surface area contributed by atoms with Crippen molar-refractivity contribution in [3.63, 3.8) is 0 Å². The lowest BCUT2D eigenvalue weighted by Crippen LogP contribution is -2.22. The Morgan fingerprint density at radius 2 is 2.05 bits per heavy atom. The fourth-order valence-electron chi connectivity index (χ4n) is 1.96. The van der Waals surface area contributed by atoms with E-state index in [4.69, 9.17) is 0 Å². The van der Waals surface area contributed by atoms with Crippen LogP contribution in [-0.2, 0) is 0 Å². The van der Waals surface area contributed by atoms with Gasteiger partial charge in [0.15, 0.2) is 0 Å². The largest absolute Gasteiger partial charge is 0.311 e. The molecule has 0 amide bonds. The molecule has 1 rings (SSSR count). The highest BCUT2D eigenvalue weighted by atomic mass is 16.6. The molecule has 0 spiro atoms. The second-order valence-electron chi connectivity index (χ2n) is 4.94. The van der Waals surface area contributed by atoms with Gasteiger partial charge in [0, 0.05) is 17.7 Å². The van der Waals surface area contributed by atoms with E-state index in [0.29, 0.717) is 0 Å². The highest BCUT2D eigenvalue weighted by molar-refractivity contribution is 5.57. The minimum Gasteiger partial charge on any atom is -0.311 e. The van der Waals surface area contributed by atoms with Gasteiger partial charge in [0.2, 0.25) is 0 Å². The number of nitro groups is 1. The number of likely N-dealkylation sites (N-methyl/N-ethyl adjacent to an activating group) is 1. The van der Waals surface area contributed by atoms with E-state index in [-0.39, 0.29) is 22.6 Å². The van der Waals surface area contributed by atoms with Crippen LogP contribution < -0.4 is 5.32 Å². The third kappa shape index (κ3) is 4.48. The van der Waals surface area contributed by atoms with Gasteiger partial charge in [-0.25, -0.2) is 0 Å². The van der Waals surface area contributed by atoms with Crippen molar-refractivity contribution in [2.24, 2.45) is 0 Å². The maximum atomic E-state index is 11.1. The summed E-state index contributed by atoms with van der Waals surface area (Å²) in [6.07, 6.45) is 3.93. The fourth-order valence-corrected chi connectivity index (χ4v) is 1.96. The molecule has 1 aromatic carbocycles. The summed E-state index contributed by atoms with van der Waals surface area (Å²) in [6.45, 7) is 8.93. The standard InChI is InChI=1S/C15H22N2O2/c1-5-16-12(4)6-7-13-8-9-14(11(2)3)15(10-13)17(18)19/h6-12,16H,5H2,1-4H3/b7-6+. The third-order valence-electron chi connectivity index (χ3n) is 2.98. The Hall–Kier alpha value is -1.68. The predicted octanol–water partition coefficient (Wildman–Crippen LogP) is 3.73. The Bertz CT molecular complexity index is 467. The summed E-state index contributed by atoms with van der Waals surface area (Å²) in [5.41, 5.74) is 1.84. The maximum Gasteiger partial charge on any atom is 0.273 e. The van der Waals surface area contributed by atoms with Gasteiger partial charge in [0.25, 0.3) is 5.69 Å². The first-order valence-electron chi connectivity index (χ1n) is 6.65. The van der Waals surface area contributed by atoms with Crippen LogP contribution in [0.1, 0.15) is 44.7 Å². The van der Waals surface area contributed by atoms with E-state index in [9.17, 15) is 10.1 Å². The van der Waals surface area contributed by atoms with E-state index in [2.05, 4.69) is 12.2 Å². The Labute approximate surface area is 114 Å². The first-order chi connectivity index (χ1) is 8.95. The average molecular weight is 262 g/mol. The van der Waals surface area contributed by atoms with Gasteiger partial charge in [-0.1, -0.05) is 45.1 Å². The second-order valence-corrected chi connectivity index (χ2v) is 4.94. The second kappa shape index (κ2) is 7.04. The molecule has 0 radical (unpaired) electrons. The molecular formula is C15H22N2O2. The maximum absolute atomic E-state index is 11.1. The topological polar surface area (TPSA) is 55.2 Å². The molecule has 0 fully saturated rings. The number of hydrogen-bond acceptors (Lipinski definition) is 3. The zero-order valence-electron chi connectivity index (χ0n) is 12.0. The molecule has 4 heteroatoms. The molecule has 0 aliphatic carbocycles. The lowest BCUT2D eigenvalue weighted by molar-refractivity contribution is -0.385. The Morgan fingerprint density at radius 1 is 1.37 bits per heavy atom. The van der Waals surface area contributed by atoms with Gasteiger partial charge >= 0.3 is 0 Å². The highest BCUT2D eigenvalue weighted by Gasteiger charge is 2.16. The highest BCUT2D eigenvalue weighted by Crippen LogP contribution is 2.27. The summed E-state index contributed by atoms with van der Waals surface area (Å²) >= 11 is 0. The molecule has 0 bridgehead atoms. The Kier molecular flexibility index (Phi) is 5.70. The monoisotopic (exact) mass is 262 g/mol. The zero-order valence-corrected chi connectivity index (χ0v) is 12.0. The van der Waals surface area contributed by atoms with Gasteiger partial charge in [0.05, 0.1) is 4.92 Å². The Morgan fingerprint density at radius 3 is 2.58 bits per heavy atom. The van der Waals surface area contributed by atoms with E-state index in [1.165, 1.54) is 0 Å². The van der Waals surface area contributed by atoms with Crippen molar-refractivity contribution in [1.29, 1.82) is 0 Å². The lowest BCUT2D eigenvalue weighted by atomic mass is 9.99. The fraction of sp³-hybridized carbons (Fsp3) is 0.467. The van der Waals surface area contributed by atoms with Gasteiger partial charge in [-0.15, -0.1) is 0 Å². The molecule has 0 aromatic heterocycles. The molecule has 0 aliphatic rings. The van der Waals surface area contributed by atoms with Crippen LogP contribution >= 0.6 is 0 Å². The minimum atomic E-state index is -0.305. The van der Waals surface area contributed by atoms with E-state index >= 15 is 0 Å². The molecule has 0 saturated heterocycles. The number of nitro benzene ring substituents is 1. The Balaban J connectivity index is 2.99. The summed E-state index contributed by atoms with van der Waals surface area (Å²) in [6, 6.07) is 5.68. The van der Waals surface area contributed by atoms with Crippen molar-refractivity contribution >= 4 is 11.8 Å².